The van der Waals surface area contributed by atoms with Crippen molar-refractivity contribution < 1.29 is 4.42 Å². The number of hydrogen-bond donors (Lipinski definition) is 0. The molecule has 1 aromatic heterocycles. The highest BCUT2D eigenvalue weighted by molar-refractivity contribution is 6.24. The average molecular weight is 653 g/mol. The van der Waals surface area contributed by atoms with Crippen molar-refractivity contribution in [2.24, 2.45) is 0 Å². The Morgan fingerprint density at radius 1 is 0.353 bits per heavy atom. The Labute approximate surface area is 297 Å². The molecule has 8 aromatic carbocycles. The predicted octanol–water partition coefficient (Wildman–Crippen LogP) is 13.8. The highest BCUT2D eigenvalue weighted by atomic mass is 16.3. The lowest BCUT2D eigenvalue weighted by atomic mass is 9.73. The normalized spacial score (nSPS) is 15.0. The number of para-hydroxylation sites is 1. The molecule has 0 radical (unpaired) electrons. The van der Waals surface area contributed by atoms with Gasteiger partial charge in [0.15, 0.2) is 0 Å². The maximum absolute atomic E-state index is 6.27. The van der Waals surface area contributed by atoms with Gasteiger partial charge < -0.3 is 4.42 Å². The molecule has 1 heterocycles. The van der Waals surface area contributed by atoms with Crippen molar-refractivity contribution in [3.63, 3.8) is 0 Å². The smallest absolute Gasteiger partial charge is 0.135 e. The first-order chi connectivity index (χ1) is 24.8. The minimum absolute atomic E-state index is 0.133. The molecule has 0 atom stereocenters. The van der Waals surface area contributed by atoms with E-state index in [2.05, 4.69) is 167 Å². The first-order valence-corrected chi connectivity index (χ1v) is 18.1. The van der Waals surface area contributed by atoms with Crippen molar-refractivity contribution in [1.82, 2.24) is 0 Å². The van der Waals surface area contributed by atoms with Crippen LogP contribution in [0.25, 0.3) is 88.0 Å². The van der Waals surface area contributed by atoms with Gasteiger partial charge in [-0.05, 0) is 113 Å². The van der Waals surface area contributed by atoms with E-state index in [9.17, 15) is 0 Å². The molecule has 0 aliphatic heterocycles. The molecule has 0 unspecified atom stereocenters. The van der Waals surface area contributed by atoms with Gasteiger partial charge in [0.2, 0.25) is 0 Å². The van der Waals surface area contributed by atoms with E-state index < -0.39 is 0 Å². The molecule has 0 saturated heterocycles. The van der Waals surface area contributed by atoms with Crippen molar-refractivity contribution in [1.29, 1.82) is 0 Å². The summed E-state index contributed by atoms with van der Waals surface area (Å²) >= 11 is 0. The van der Waals surface area contributed by atoms with Crippen molar-refractivity contribution in [3.8, 4) is 44.5 Å². The minimum atomic E-state index is -0.188. The Morgan fingerprint density at radius 3 is 1.57 bits per heavy atom. The minimum Gasteiger partial charge on any atom is -0.456 e. The molecule has 11 rings (SSSR count). The molecule has 0 fully saturated rings. The van der Waals surface area contributed by atoms with Crippen LogP contribution >= 0.6 is 0 Å². The van der Waals surface area contributed by atoms with Gasteiger partial charge in [-0.2, -0.15) is 0 Å². The molecule has 242 valence electrons. The summed E-state index contributed by atoms with van der Waals surface area (Å²) in [5.41, 5.74) is 17.9. The first kappa shape index (κ1) is 28.9. The monoisotopic (exact) mass is 652 g/mol. The molecule has 1 heteroatoms. The van der Waals surface area contributed by atoms with Gasteiger partial charge in [-0.3, -0.25) is 0 Å². The number of hydrogen-bond acceptors (Lipinski definition) is 1. The van der Waals surface area contributed by atoms with Gasteiger partial charge in [0.25, 0.3) is 0 Å². The maximum atomic E-state index is 6.27. The standard InChI is InChI=1S/C50H36O/c1-49(2)40-23-13-10-21-36(40)46-41(49)28-38-30-15-9-12-22-39(30)50(3,4)48(38)47(46)45-34-19-7-5-17-32(34)44(33-18-6-8-20-35(33)45)29-25-26-43-37(27-29)31-16-11-14-24-42(31)51-43/h5-28H,1-4H3. The summed E-state index contributed by atoms with van der Waals surface area (Å²) in [5.74, 6) is 0. The summed E-state index contributed by atoms with van der Waals surface area (Å²) in [7, 11) is 0. The van der Waals surface area contributed by atoms with E-state index in [1.165, 1.54) is 88.3 Å². The Bertz CT molecular complexity index is 2910. The molecule has 9 aromatic rings. The van der Waals surface area contributed by atoms with Gasteiger partial charge in [-0.15, -0.1) is 0 Å². The second-order valence-electron chi connectivity index (χ2n) is 15.6. The number of benzene rings is 8. The lowest BCUT2D eigenvalue weighted by Gasteiger charge is -2.29. The van der Waals surface area contributed by atoms with E-state index in [4.69, 9.17) is 4.42 Å². The summed E-state index contributed by atoms with van der Waals surface area (Å²) in [6.45, 7) is 9.69. The SMILES string of the molecule is CC1(C)c2ccccc2-c2c1cc1c(c2-c2c3ccccc3c(-c3ccc4oc5ccccc5c4c3)c3ccccc23)C(C)(C)c2ccccc2-1. The summed E-state index contributed by atoms with van der Waals surface area (Å²) < 4.78 is 6.27. The Morgan fingerprint density at radius 2 is 0.882 bits per heavy atom. The summed E-state index contributed by atoms with van der Waals surface area (Å²) in [5, 5.41) is 7.41. The zero-order valence-corrected chi connectivity index (χ0v) is 29.3. The van der Waals surface area contributed by atoms with Crippen LogP contribution in [0.3, 0.4) is 0 Å². The van der Waals surface area contributed by atoms with Crippen LogP contribution in [0, 0.1) is 0 Å². The quantitative estimate of drug-likeness (QED) is 0.169. The van der Waals surface area contributed by atoms with Crippen molar-refractivity contribution in [3.05, 3.63) is 168 Å². The summed E-state index contributed by atoms with van der Waals surface area (Å²) in [6, 6.07) is 54.1. The van der Waals surface area contributed by atoms with Crippen LogP contribution in [-0.2, 0) is 10.8 Å². The maximum Gasteiger partial charge on any atom is 0.135 e. The molecule has 0 bridgehead atoms. The fraction of sp³-hybridized carbons (Fsp3) is 0.120. The van der Waals surface area contributed by atoms with Gasteiger partial charge in [0.1, 0.15) is 11.2 Å². The van der Waals surface area contributed by atoms with E-state index in [0.717, 1.165) is 21.9 Å². The summed E-state index contributed by atoms with van der Waals surface area (Å²) in [6.07, 6.45) is 0. The van der Waals surface area contributed by atoms with E-state index in [1.54, 1.807) is 0 Å². The molecule has 2 aliphatic rings. The van der Waals surface area contributed by atoms with Crippen LogP contribution in [0.1, 0.15) is 49.9 Å². The topological polar surface area (TPSA) is 13.1 Å². The highest BCUT2D eigenvalue weighted by Crippen LogP contribution is 2.62. The Kier molecular flexibility index (Phi) is 5.58. The fourth-order valence-corrected chi connectivity index (χ4v) is 9.95. The van der Waals surface area contributed by atoms with Gasteiger partial charge in [-0.1, -0.05) is 149 Å². The van der Waals surface area contributed by atoms with Gasteiger partial charge in [0.05, 0.1) is 0 Å². The van der Waals surface area contributed by atoms with Crippen molar-refractivity contribution >= 4 is 43.5 Å². The Balaban J connectivity index is 1.33. The highest BCUT2D eigenvalue weighted by Gasteiger charge is 2.45. The number of rotatable bonds is 2. The molecule has 0 spiro atoms. The largest absolute Gasteiger partial charge is 0.456 e. The third-order valence-corrected chi connectivity index (χ3v) is 12.2. The van der Waals surface area contributed by atoms with Crippen LogP contribution in [-0.4, -0.2) is 0 Å². The molecule has 2 aliphatic carbocycles. The van der Waals surface area contributed by atoms with Gasteiger partial charge >= 0.3 is 0 Å². The lowest BCUT2D eigenvalue weighted by Crippen LogP contribution is -2.18. The summed E-state index contributed by atoms with van der Waals surface area (Å²) in [4.78, 5) is 0. The Hall–Kier alpha value is -5.92. The van der Waals surface area contributed by atoms with E-state index in [0.29, 0.717) is 0 Å². The number of furan rings is 1. The van der Waals surface area contributed by atoms with Crippen LogP contribution < -0.4 is 0 Å². The van der Waals surface area contributed by atoms with Crippen molar-refractivity contribution in [2.75, 3.05) is 0 Å². The van der Waals surface area contributed by atoms with E-state index >= 15 is 0 Å². The first-order valence-electron chi connectivity index (χ1n) is 18.1. The van der Waals surface area contributed by atoms with Gasteiger partial charge in [-0.25, -0.2) is 0 Å². The molecular weight excluding hydrogens is 617 g/mol. The van der Waals surface area contributed by atoms with Crippen LogP contribution in [0.2, 0.25) is 0 Å². The molecule has 1 nitrogen and oxygen atoms in total. The second kappa shape index (κ2) is 9.86. The zero-order valence-electron chi connectivity index (χ0n) is 29.3. The van der Waals surface area contributed by atoms with Crippen molar-refractivity contribution in [2.45, 2.75) is 38.5 Å². The molecule has 0 N–H and O–H groups in total. The molecule has 51 heavy (non-hydrogen) atoms. The molecule has 0 amide bonds. The fourth-order valence-electron chi connectivity index (χ4n) is 9.95. The zero-order chi connectivity index (χ0) is 34.2. The number of fused-ring (bicyclic) bond motifs is 11. The molecule has 0 saturated carbocycles. The average Bonchev–Trinajstić information content (AvgIpc) is 3.73. The third kappa shape index (κ3) is 3.66. The van der Waals surface area contributed by atoms with Crippen LogP contribution in [0.15, 0.2) is 150 Å². The van der Waals surface area contributed by atoms with Crippen LogP contribution in [0.5, 0.6) is 0 Å². The van der Waals surface area contributed by atoms with Gasteiger partial charge in [0, 0.05) is 21.6 Å². The lowest BCUT2D eigenvalue weighted by molar-refractivity contribution is 0.653. The van der Waals surface area contributed by atoms with Crippen LogP contribution in [0.4, 0.5) is 0 Å². The van der Waals surface area contributed by atoms with E-state index in [-0.39, 0.29) is 10.8 Å². The third-order valence-electron chi connectivity index (χ3n) is 12.2. The van der Waals surface area contributed by atoms with E-state index in [1.807, 2.05) is 6.07 Å². The predicted molar refractivity (Wildman–Crippen MR) is 215 cm³/mol. The second-order valence-corrected chi connectivity index (χ2v) is 15.6. The molecular formula is C50H36O.